The monoisotopic (exact) mass is 552 g/mol. The Labute approximate surface area is 227 Å². The van der Waals surface area contributed by atoms with E-state index in [0.717, 1.165) is 57.3 Å². The number of piperidine rings is 1. The molecule has 38 heavy (non-hydrogen) atoms. The molecular weight excluding hydrogens is 516 g/mol. The van der Waals surface area contributed by atoms with E-state index in [1.165, 1.54) is 5.56 Å². The minimum Gasteiger partial charge on any atom is -0.303 e. The van der Waals surface area contributed by atoms with Crippen molar-refractivity contribution in [1.29, 1.82) is 0 Å². The van der Waals surface area contributed by atoms with E-state index in [9.17, 15) is 16.8 Å². The summed E-state index contributed by atoms with van der Waals surface area (Å²) in [7, 11) is -6.70. The van der Waals surface area contributed by atoms with Crippen molar-refractivity contribution in [1.82, 2.24) is 9.62 Å². The van der Waals surface area contributed by atoms with E-state index < -0.39 is 19.9 Å². The standard InChI is InChI=1S/C30H36N2O4S2/c33-37(34)24-30(28-15-7-8-16-29(28)37)18-22-32(23-19-30)21-17-26(25-10-3-1-4-11-25)12-9-20-31-38(35,36)27-13-5-2-6-14-27/h1-8,10-11,13-16,26,31H,9,12,17-24H2. The minimum atomic E-state index is -3.49. The Morgan fingerprint density at radius 2 is 1.47 bits per heavy atom. The highest BCUT2D eigenvalue weighted by molar-refractivity contribution is 7.91. The van der Waals surface area contributed by atoms with Crippen LogP contribution >= 0.6 is 0 Å². The van der Waals surface area contributed by atoms with Gasteiger partial charge < -0.3 is 4.90 Å². The normalized spacial score (nSPS) is 19.3. The van der Waals surface area contributed by atoms with Crippen LogP contribution in [0.15, 0.2) is 94.7 Å². The van der Waals surface area contributed by atoms with Crippen molar-refractivity contribution in [3.63, 3.8) is 0 Å². The molecule has 1 atom stereocenters. The van der Waals surface area contributed by atoms with E-state index in [0.29, 0.717) is 22.3 Å². The van der Waals surface area contributed by atoms with Gasteiger partial charge in [-0.05, 0) is 87.0 Å². The largest absolute Gasteiger partial charge is 0.303 e. The minimum absolute atomic E-state index is 0.235. The van der Waals surface area contributed by atoms with E-state index >= 15 is 0 Å². The van der Waals surface area contributed by atoms with Crippen molar-refractivity contribution < 1.29 is 16.8 Å². The molecule has 2 heterocycles. The second kappa shape index (κ2) is 11.3. The molecule has 1 N–H and O–H groups in total. The molecule has 0 saturated carbocycles. The zero-order valence-corrected chi connectivity index (χ0v) is 23.3. The molecule has 0 radical (unpaired) electrons. The van der Waals surface area contributed by atoms with Crippen molar-refractivity contribution in [2.75, 3.05) is 31.9 Å². The smallest absolute Gasteiger partial charge is 0.240 e. The molecule has 5 rings (SSSR count). The van der Waals surface area contributed by atoms with Gasteiger partial charge in [-0.15, -0.1) is 0 Å². The zero-order valence-electron chi connectivity index (χ0n) is 21.6. The summed E-state index contributed by atoms with van der Waals surface area (Å²) in [6.07, 6.45) is 4.35. The summed E-state index contributed by atoms with van der Waals surface area (Å²) in [4.78, 5) is 3.29. The van der Waals surface area contributed by atoms with Gasteiger partial charge in [-0.2, -0.15) is 0 Å². The molecule has 1 spiro atoms. The Morgan fingerprint density at radius 3 is 2.18 bits per heavy atom. The van der Waals surface area contributed by atoms with Gasteiger partial charge in [0.15, 0.2) is 9.84 Å². The van der Waals surface area contributed by atoms with Crippen LogP contribution in [-0.2, 0) is 25.3 Å². The van der Waals surface area contributed by atoms with Crippen LogP contribution < -0.4 is 4.72 Å². The lowest BCUT2D eigenvalue weighted by atomic mass is 9.74. The second-order valence-electron chi connectivity index (χ2n) is 10.6. The summed E-state index contributed by atoms with van der Waals surface area (Å²) in [5.74, 6) is 0.569. The number of sulfone groups is 1. The number of hydrogen-bond acceptors (Lipinski definition) is 5. The Kier molecular flexibility index (Phi) is 8.05. The molecule has 0 amide bonds. The average molecular weight is 553 g/mol. The molecule has 3 aromatic carbocycles. The first-order valence-corrected chi connectivity index (χ1v) is 16.6. The summed E-state index contributed by atoms with van der Waals surface area (Å²) < 4.78 is 53.4. The lowest BCUT2D eigenvalue weighted by Crippen LogP contribution is -2.44. The highest BCUT2D eigenvalue weighted by atomic mass is 32.2. The second-order valence-corrected chi connectivity index (χ2v) is 14.4. The fourth-order valence-electron chi connectivity index (χ4n) is 6.09. The van der Waals surface area contributed by atoms with Crippen molar-refractivity contribution in [2.45, 2.75) is 53.2 Å². The van der Waals surface area contributed by atoms with Crippen LogP contribution in [-0.4, -0.2) is 53.7 Å². The van der Waals surface area contributed by atoms with Crippen LogP contribution in [0.25, 0.3) is 0 Å². The summed E-state index contributed by atoms with van der Waals surface area (Å²) in [5.41, 5.74) is 2.04. The van der Waals surface area contributed by atoms with E-state index in [2.05, 4.69) is 33.9 Å². The van der Waals surface area contributed by atoms with Crippen LogP contribution in [0.1, 0.15) is 49.1 Å². The number of hydrogen-bond donors (Lipinski definition) is 1. The maximum Gasteiger partial charge on any atom is 0.240 e. The molecule has 0 aliphatic carbocycles. The zero-order chi connectivity index (χ0) is 26.6. The Bertz CT molecular complexity index is 1430. The molecule has 1 unspecified atom stereocenters. The molecular formula is C30H36N2O4S2. The predicted octanol–water partition coefficient (Wildman–Crippen LogP) is 4.74. The number of sulfonamides is 1. The van der Waals surface area contributed by atoms with E-state index in [1.54, 1.807) is 36.4 Å². The summed E-state index contributed by atoms with van der Waals surface area (Å²) >= 11 is 0. The summed E-state index contributed by atoms with van der Waals surface area (Å²) in [5, 5.41) is 0. The van der Waals surface area contributed by atoms with Crippen LogP contribution in [0.4, 0.5) is 0 Å². The lowest BCUT2D eigenvalue weighted by molar-refractivity contribution is 0.166. The third kappa shape index (κ3) is 5.88. The number of rotatable bonds is 10. The first-order chi connectivity index (χ1) is 18.3. The van der Waals surface area contributed by atoms with Gasteiger partial charge in [-0.1, -0.05) is 66.7 Å². The van der Waals surface area contributed by atoms with Gasteiger partial charge >= 0.3 is 0 Å². The molecule has 6 nitrogen and oxygen atoms in total. The van der Waals surface area contributed by atoms with Crippen molar-refractivity contribution in [2.24, 2.45) is 0 Å². The van der Waals surface area contributed by atoms with Gasteiger partial charge in [0.1, 0.15) is 0 Å². The SMILES string of the molecule is O=S1(=O)CC2(CCN(CCC(CCCNS(=O)(=O)c3ccccc3)c3ccccc3)CC2)c2ccccc21. The molecule has 8 heteroatoms. The maximum absolute atomic E-state index is 12.8. The predicted molar refractivity (Wildman–Crippen MR) is 151 cm³/mol. The van der Waals surface area contributed by atoms with E-state index in [1.807, 2.05) is 24.3 Å². The van der Waals surface area contributed by atoms with E-state index in [4.69, 9.17) is 0 Å². The summed E-state index contributed by atoms with van der Waals surface area (Å²) in [6, 6.07) is 26.5. The first-order valence-electron chi connectivity index (χ1n) is 13.4. The average Bonchev–Trinajstić information content (AvgIpc) is 3.16. The first kappa shape index (κ1) is 27.1. The molecule has 202 valence electrons. The number of nitrogens with one attached hydrogen (secondary N) is 1. The van der Waals surface area contributed by atoms with Crippen molar-refractivity contribution >= 4 is 19.9 Å². The van der Waals surface area contributed by atoms with Gasteiger partial charge in [0.25, 0.3) is 0 Å². The highest BCUT2D eigenvalue weighted by Gasteiger charge is 2.48. The molecule has 2 aliphatic heterocycles. The van der Waals surface area contributed by atoms with Gasteiger partial charge in [0, 0.05) is 12.0 Å². The van der Waals surface area contributed by atoms with Crippen molar-refractivity contribution in [3.05, 3.63) is 96.1 Å². The van der Waals surface area contributed by atoms with Gasteiger partial charge in [-0.3, -0.25) is 0 Å². The number of benzene rings is 3. The van der Waals surface area contributed by atoms with Crippen molar-refractivity contribution in [3.8, 4) is 0 Å². The maximum atomic E-state index is 12.8. The molecule has 3 aromatic rings. The number of nitrogens with zero attached hydrogens (tertiary/aromatic N) is 1. The van der Waals surface area contributed by atoms with Gasteiger partial charge in [-0.25, -0.2) is 21.6 Å². The lowest BCUT2D eigenvalue weighted by Gasteiger charge is -2.39. The van der Waals surface area contributed by atoms with Crippen LogP contribution in [0, 0.1) is 0 Å². The number of likely N-dealkylation sites (tertiary alicyclic amines) is 1. The quantitative estimate of drug-likeness (QED) is 0.368. The Balaban J connectivity index is 1.16. The Morgan fingerprint density at radius 1 is 0.842 bits per heavy atom. The molecule has 0 bridgehead atoms. The van der Waals surface area contributed by atoms with Gasteiger partial charge in [0.05, 0.1) is 15.5 Å². The van der Waals surface area contributed by atoms with Crippen LogP contribution in [0.3, 0.4) is 0 Å². The van der Waals surface area contributed by atoms with Gasteiger partial charge in [0.2, 0.25) is 10.0 Å². The topological polar surface area (TPSA) is 83.6 Å². The molecule has 0 aromatic heterocycles. The van der Waals surface area contributed by atoms with Crippen LogP contribution in [0.2, 0.25) is 0 Å². The highest BCUT2D eigenvalue weighted by Crippen LogP contribution is 2.46. The fourth-order valence-corrected chi connectivity index (χ4v) is 9.42. The van der Waals surface area contributed by atoms with Crippen LogP contribution in [0.5, 0.6) is 0 Å². The van der Waals surface area contributed by atoms with E-state index in [-0.39, 0.29) is 11.2 Å². The molecule has 1 fully saturated rings. The summed E-state index contributed by atoms with van der Waals surface area (Å²) in [6.45, 7) is 3.13. The third-order valence-electron chi connectivity index (χ3n) is 8.21. The molecule has 1 saturated heterocycles. The Hall–Kier alpha value is -2.52. The number of fused-ring (bicyclic) bond motifs is 2. The fraction of sp³-hybridized carbons (Fsp3) is 0.400. The molecule has 2 aliphatic rings. The third-order valence-corrected chi connectivity index (χ3v) is 11.6.